The standard InChI is InChI=1S/C37H48O5/c1-22(2)28-18-19-36(5)21-30-23(3)20-32-37(30,24(4)8-16-29(28)36)42-31-17-13-26(33(34(31)41-32)35(38)40-7)12-9-25-10-14-27(39-6)15-11-25/h10-11,13-15,17,22,24,28-29,32H,8-9,12,16,18-21H2,1-7H3. The molecule has 5 heteroatoms. The summed E-state index contributed by atoms with van der Waals surface area (Å²) >= 11 is 0. The Morgan fingerprint density at radius 1 is 1.05 bits per heavy atom. The van der Waals surface area contributed by atoms with Crippen LogP contribution in [0.15, 0.2) is 47.5 Å². The molecule has 0 bridgehead atoms. The van der Waals surface area contributed by atoms with E-state index in [0.29, 0.717) is 34.8 Å². The third kappa shape index (κ3) is 4.62. The van der Waals surface area contributed by atoms with Gasteiger partial charge in [-0.2, -0.15) is 0 Å². The molecule has 1 aliphatic heterocycles. The van der Waals surface area contributed by atoms with Gasteiger partial charge in [0.2, 0.25) is 0 Å². The second kappa shape index (κ2) is 11.0. The zero-order valence-corrected chi connectivity index (χ0v) is 26.5. The summed E-state index contributed by atoms with van der Waals surface area (Å²) in [5.41, 5.74) is 5.29. The summed E-state index contributed by atoms with van der Waals surface area (Å²) in [7, 11) is 3.12. The van der Waals surface area contributed by atoms with Gasteiger partial charge in [-0.1, -0.05) is 51.5 Å². The van der Waals surface area contributed by atoms with Gasteiger partial charge in [-0.05, 0) is 110 Å². The van der Waals surface area contributed by atoms with Crippen molar-refractivity contribution < 1.29 is 23.7 Å². The molecule has 4 aliphatic rings. The Labute approximate surface area is 252 Å². The Kier molecular flexibility index (Phi) is 7.60. The molecule has 226 valence electrons. The third-order valence-corrected chi connectivity index (χ3v) is 11.5. The number of carbonyl (C=O) groups excluding carboxylic acids is 1. The van der Waals surface area contributed by atoms with Gasteiger partial charge in [0.25, 0.3) is 0 Å². The zero-order valence-electron chi connectivity index (χ0n) is 26.5. The van der Waals surface area contributed by atoms with Crippen molar-refractivity contribution in [3.8, 4) is 17.2 Å². The van der Waals surface area contributed by atoms with Crippen molar-refractivity contribution in [2.24, 2.45) is 29.1 Å². The smallest absolute Gasteiger partial charge is 0.342 e. The number of fused-ring (bicyclic) bond motifs is 2. The normalized spacial score (nSPS) is 31.6. The van der Waals surface area contributed by atoms with E-state index in [1.54, 1.807) is 7.11 Å². The molecule has 2 saturated carbocycles. The van der Waals surface area contributed by atoms with Crippen molar-refractivity contribution in [3.05, 3.63) is 64.2 Å². The fourth-order valence-corrected chi connectivity index (χ4v) is 9.10. The van der Waals surface area contributed by atoms with Crippen LogP contribution in [-0.4, -0.2) is 31.9 Å². The summed E-state index contributed by atoms with van der Waals surface area (Å²) in [5, 5.41) is 0. The quantitative estimate of drug-likeness (QED) is 0.257. The molecule has 6 unspecified atom stereocenters. The Balaban J connectivity index is 1.34. The van der Waals surface area contributed by atoms with E-state index in [-0.39, 0.29) is 12.1 Å². The van der Waals surface area contributed by atoms with E-state index in [9.17, 15) is 4.79 Å². The first kappa shape index (κ1) is 29.1. The maximum atomic E-state index is 13.3. The molecule has 0 aromatic heterocycles. The van der Waals surface area contributed by atoms with Gasteiger partial charge in [0, 0.05) is 12.3 Å². The SMILES string of the molecule is COC(=O)c1c(CCc2ccc(OC)cc2)ccc2c1OC1CC(C)=C3CC4(C)CCC(C(C)C)C4CCC(C)C31O2. The summed E-state index contributed by atoms with van der Waals surface area (Å²) in [6, 6.07) is 12.2. The molecule has 0 N–H and O–H groups in total. The van der Waals surface area contributed by atoms with Crippen LogP contribution in [0.3, 0.4) is 0 Å². The van der Waals surface area contributed by atoms with Gasteiger partial charge in [-0.25, -0.2) is 4.79 Å². The molecule has 0 amide bonds. The predicted octanol–water partition coefficient (Wildman–Crippen LogP) is 8.37. The number of ether oxygens (including phenoxy) is 4. The highest BCUT2D eigenvalue weighted by Crippen LogP contribution is 2.62. The van der Waals surface area contributed by atoms with Gasteiger partial charge < -0.3 is 18.9 Å². The summed E-state index contributed by atoms with van der Waals surface area (Å²) in [6.07, 6.45) is 8.25. The van der Waals surface area contributed by atoms with Gasteiger partial charge in [-0.3, -0.25) is 0 Å². The average molecular weight is 573 g/mol. The summed E-state index contributed by atoms with van der Waals surface area (Å²) < 4.78 is 24.8. The van der Waals surface area contributed by atoms with Gasteiger partial charge in [0.15, 0.2) is 17.1 Å². The third-order valence-electron chi connectivity index (χ3n) is 11.5. The highest BCUT2D eigenvalue weighted by molar-refractivity contribution is 5.95. The van der Waals surface area contributed by atoms with Gasteiger partial charge in [0.05, 0.1) is 14.2 Å². The second-order valence-corrected chi connectivity index (χ2v) is 14.1. The molecule has 0 radical (unpaired) electrons. The lowest BCUT2D eigenvalue weighted by Crippen LogP contribution is -2.57. The molecule has 2 aromatic rings. The molecule has 6 rings (SSSR count). The molecule has 0 saturated heterocycles. The lowest BCUT2D eigenvalue weighted by molar-refractivity contribution is -0.0790. The van der Waals surface area contributed by atoms with Crippen LogP contribution in [-0.2, 0) is 17.6 Å². The Hall–Kier alpha value is -2.95. The molecule has 2 aromatic carbocycles. The van der Waals surface area contributed by atoms with Crippen LogP contribution in [0.4, 0.5) is 0 Å². The topological polar surface area (TPSA) is 54.0 Å². The lowest BCUT2D eigenvalue weighted by atomic mass is 9.62. The first-order valence-electron chi connectivity index (χ1n) is 16.0. The van der Waals surface area contributed by atoms with E-state index in [1.165, 1.54) is 43.1 Å². The maximum Gasteiger partial charge on any atom is 0.342 e. The summed E-state index contributed by atoms with van der Waals surface area (Å²) in [6.45, 7) is 12.0. The van der Waals surface area contributed by atoms with Gasteiger partial charge >= 0.3 is 5.97 Å². The highest BCUT2D eigenvalue weighted by Gasteiger charge is 2.61. The van der Waals surface area contributed by atoms with E-state index in [1.807, 2.05) is 24.3 Å². The van der Waals surface area contributed by atoms with E-state index in [4.69, 9.17) is 18.9 Å². The molecule has 5 nitrogen and oxygen atoms in total. The largest absolute Gasteiger partial charge is 0.497 e. The predicted molar refractivity (Wildman–Crippen MR) is 165 cm³/mol. The van der Waals surface area contributed by atoms with Crippen molar-refractivity contribution >= 4 is 5.97 Å². The number of aryl methyl sites for hydroxylation is 2. The molecular weight excluding hydrogens is 524 g/mol. The fraction of sp³-hybridized carbons (Fsp3) is 0.595. The number of methoxy groups -OCH3 is 2. The number of benzene rings is 2. The maximum absolute atomic E-state index is 13.3. The first-order valence-corrected chi connectivity index (χ1v) is 16.0. The van der Waals surface area contributed by atoms with Crippen molar-refractivity contribution in [2.45, 2.75) is 97.7 Å². The first-order chi connectivity index (χ1) is 20.1. The van der Waals surface area contributed by atoms with E-state index < -0.39 is 5.60 Å². The zero-order chi connectivity index (χ0) is 29.8. The van der Waals surface area contributed by atoms with E-state index in [0.717, 1.165) is 54.7 Å². The second-order valence-electron chi connectivity index (χ2n) is 14.1. The van der Waals surface area contributed by atoms with Crippen molar-refractivity contribution in [2.75, 3.05) is 14.2 Å². The van der Waals surface area contributed by atoms with Crippen molar-refractivity contribution in [3.63, 3.8) is 0 Å². The van der Waals surface area contributed by atoms with Crippen LogP contribution in [0.1, 0.15) is 94.6 Å². The van der Waals surface area contributed by atoms with Crippen LogP contribution in [0.2, 0.25) is 0 Å². The van der Waals surface area contributed by atoms with Gasteiger partial charge in [0.1, 0.15) is 17.4 Å². The molecular formula is C37H48O5. The minimum atomic E-state index is -0.487. The van der Waals surface area contributed by atoms with E-state index >= 15 is 0 Å². The number of hydrogen-bond donors (Lipinski definition) is 0. The van der Waals surface area contributed by atoms with Crippen LogP contribution in [0.25, 0.3) is 0 Å². The number of carbonyl (C=O) groups is 1. The number of esters is 1. The number of hydrogen-bond acceptors (Lipinski definition) is 5. The van der Waals surface area contributed by atoms with Crippen LogP contribution in [0.5, 0.6) is 17.2 Å². The molecule has 42 heavy (non-hydrogen) atoms. The van der Waals surface area contributed by atoms with Crippen LogP contribution >= 0.6 is 0 Å². The Bertz CT molecular complexity index is 1370. The number of rotatable bonds is 6. The minimum Gasteiger partial charge on any atom is -0.497 e. The minimum absolute atomic E-state index is 0.141. The molecule has 1 spiro atoms. The van der Waals surface area contributed by atoms with Crippen LogP contribution < -0.4 is 14.2 Å². The highest BCUT2D eigenvalue weighted by atomic mass is 16.6. The van der Waals surface area contributed by atoms with Crippen LogP contribution in [0, 0.1) is 29.1 Å². The monoisotopic (exact) mass is 572 g/mol. The Morgan fingerprint density at radius 2 is 1.81 bits per heavy atom. The Morgan fingerprint density at radius 3 is 2.50 bits per heavy atom. The van der Waals surface area contributed by atoms with Gasteiger partial charge in [-0.15, -0.1) is 0 Å². The molecule has 2 fully saturated rings. The average Bonchev–Trinajstić information content (AvgIpc) is 3.45. The van der Waals surface area contributed by atoms with Crippen molar-refractivity contribution in [1.29, 1.82) is 0 Å². The summed E-state index contributed by atoms with van der Waals surface area (Å²) in [5.74, 6) is 4.30. The van der Waals surface area contributed by atoms with Crippen molar-refractivity contribution in [1.82, 2.24) is 0 Å². The summed E-state index contributed by atoms with van der Waals surface area (Å²) in [4.78, 5) is 13.3. The molecule has 1 heterocycles. The lowest BCUT2D eigenvalue weighted by Gasteiger charge is -2.50. The molecule has 6 atom stereocenters. The fourth-order valence-electron chi connectivity index (χ4n) is 9.10. The van der Waals surface area contributed by atoms with E-state index in [2.05, 4.69) is 46.8 Å². The molecule has 3 aliphatic carbocycles.